The molecule has 142 valence electrons. The third-order valence-corrected chi connectivity index (χ3v) is 2.87. The summed E-state index contributed by atoms with van der Waals surface area (Å²) in [5, 5.41) is 2.89. The number of nitrogens with zero attached hydrogens (tertiary/aromatic N) is 2. The number of hydrogen-bond acceptors (Lipinski definition) is 4. The van der Waals surface area contributed by atoms with Gasteiger partial charge in [0.15, 0.2) is 0 Å². The number of likely N-dealkylation sites (tertiary alicyclic amines) is 1. The molecule has 0 bridgehead atoms. The lowest BCUT2D eigenvalue weighted by atomic mass is 10.1. The number of hydrogen-bond donors (Lipinski definition) is 1. The number of pyridine rings is 1. The van der Waals surface area contributed by atoms with Crippen LogP contribution in [0.15, 0.2) is 18.2 Å². The topological polar surface area (TPSA) is 37.4 Å². The average Bonchev–Trinajstić information content (AvgIpc) is 2.60. The molecule has 6 heteroatoms. The summed E-state index contributed by atoms with van der Waals surface area (Å²) in [5.41, 5.74) is 0. The molecule has 1 aromatic rings. The molecule has 0 radical (unpaired) electrons. The summed E-state index contributed by atoms with van der Waals surface area (Å²) in [5.74, 6) is 0.453. The van der Waals surface area contributed by atoms with E-state index in [1.165, 1.54) is 38.4 Å². The zero-order valence-corrected chi connectivity index (χ0v) is 16.1. The Morgan fingerprint density at radius 3 is 2.12 bits per heavy atom. The van der Waals surface area contributed by atoms with E-state index in [0.29, 0.717) is 12.4 Å². The van der Waals surface area contributed by atoms with Crippen LogP contribution < -0.4 is 10.1 Å². The van der Waals surface area contributed by atoms with Gasteiger partial charge in [0.1, 0.15) is 5.82 Å². The van der Waals surface area contributed by atoms with Gasteiger partial charge in [0.2, 0.25) is 5.88 Å². The minimum absolute atomic E-state index is 0.0755. The van der Waals surface area contributed by atoms with E-state index in [9.17, 15) is 8.78 Å². The van der Waals surface area contributed by atoms with E-state index in [0.717, 1.165) is 0 Å². The van der Waals surface area contributed by atoms with Crippen molar-refractivity contribution >= 4 is 5.82 Å². The molecule has 0 atom stereocenters. The lowest BCUT2D eigenvalue weighted by molar-refractivity contribution is -0.0527. The number of anilines is 1. The molecule has 1 aliphatic rings. The Hall–Kier alpha value is -1.43. The Bertz CT molecular complexity index is 373. The Kier molecular flexibility index (Phi) is 18.5. The quantitative estimate of drug-likeness (QED) is 0.805. The molecule has 0 saturated carbocycles. The number of ether oxygens (including phenoxy) is 1. The predicted molar refractivity (Wildman–Crippen MR) is 99.1 cm³/mol. The molecular weight excluding hydrogens is 312 g/mol. The summed E-state index contributed by atoms with van der Waals surface area (Å²) in [4.78, 5) is 6.18. The van der Waals surface area contributed by atoms with Crippen LogP contribution in [-0.4, -0.2) is 43.2 Å². The van der Waals surface area contributed by atoms with E-state index in [1.807, 2.05) is 34.6 Å². The van der Waals surface area contributed by atoms with E-state index in [1.54, 1.807) is 12.1 Å². The smallest absolute Gasteiger partial charge is 0.388 e. The normalized spacial score (nSPS) is 13.4. The highest BCUT2D eigenvalue weighted by Crippen LogP contribution is 2.13. The van der Waals surface area contributed by atoms with Gasteiger partial charge in [-0.3, -0.25) is 0 Å². The summed E-state index contributed by atoms with van der Waals surface area (Å²) in [7, 11) is 2.19. The lowest BCUT2D eigenvalue weighted by Crippen LogP contribution is -2.24. The zero-order chi connectivity index (χ0) is 18.8. The van der Waals surface area contributed by atoms with Crippen LogP contribution in [0.4, 0.5) is 14.6 Å². The van der Waals surface area contributed by atoms with Crippen LogP contribution in [0.5, 0.6) is 5.88 Å². The van der Waals surface area contributed by atoms with Crippen molar-refractivity contribution in [3.8, 4) is 5.88 Å². The number of rotatable bonds is 4. The van der Waals surface area contributed by atoms with Gasteiger partial charge in [-0.05, 0) is 46.0 Å². The molecule has 0 aliphatic carbocycles. The van der Waals surface area contributed by atoms with E-state index < -0.39 is 6.61 Å². The van der Waals surface area contributed by atoms with Gasteiger partial charge in [-0.15, -0.1) is 0 Å². The lowest BCUT2D eigenvalue weighted by Gasteiger charge is -2.20. The summed E-state index contributed by atoms with van der Waals surface area (Å²) >= 11 is 0. The molecule has 1 aromatic heterocycles. The van der Waals surface area contributed by atoms with Crippen LogP contribution >= 0.6 is 0 Å². The van der Waals surface area contributed by atoms with Crippen LogP contribution in [0.2, 0.25) is 0 Å². The number of nitrogens with one attached hydrogen (secondary N) is 1. The molecule has 1 N–H and O–H groups in total. The fourth-order valence-corrected chi connectivity index (χ4v) is 1.90. The van der Waals surface area contributed by atoms with E-state index in [2.05, 4.69) is 27.0 Å². The van der Waals surface area contributed by atoms with Crippen molar-refractivity contribution in [2.75, 3.05) is 32.0 Å². The molecule has 0 aromatic carbocycles. The second-order valence-corrected chi connectivity index (χ2v) is 4.63. The number of piperidine rings is 1. The van der Waals surface area contributed by atoms with Gasteiger partial charge < -0.3 is 15.0 Å². The monoisotopic (exact) mass is 347 g/mol. The van der Waals surface area contributed by atoms with Crippen molar-refractivity contribution in [1.29, 1.82) is 0 Å². The molecule has 0 amide bonds. The first-order valence-corrected chi connectivity index (χ1v) is 8.96. The number of aromatic nitrogens is 1. The maximum atomic E-state index is 11.8. The van der Waals surface area contributed by atoms with Crippen LogP contribution in [0.25, 0.3) is 0 Å². The summed E-state index contributed by atoms with van der Waals surface area (Å²) in [6.45, 7) is 10.4. The molecule has 24 heavy (non-hydrogen) atoms. The van der Waals surface area contributed by atoms with Gasteiger partial charge in [0, 0.05) is 12.6 Å². The van der Waals surface area contributed by atoms with Gasteiger partial charge in [-0.1, -0.05) is 40.2 Å². The minimum Gasteiger partial charge on any atom is -0.417 e. The molecule has 2 rings (SSSR count). The summed E-state index contributed by atoms with van der Waals surface area (Å²) < 4.78 is 27.6. The largest absolute Gasteiger partial charge is 0.417 e. The highest BCUT2D eigenvalue weighted by Gasteiger charge is 2.05. The molecule has 0 spiro atoms. The zero-order valence-electron chi connectivity index (χ0n) is 16.1. The van der Waals surface area contributed by atoms with Crippen LogP contribution in [-0.2, 0) is 0 Å². The second-order valence-electron chi connectivity index (χ2n) is 4.63. The first-order chi connectivity index (χ1) is 11.6. The highest BCUT2D eigenvalue weighted by atomic mass is 19.3. The summed E-state index contributed by atoms with van der Waals surface area (Å²) in [6.07, 6.45) is 4.28. The van der Waals surface area contributed by atoms with Gasteiger partial charge in [-0.2, -0.15) is 13.8 Å². The molecular formula is C18H35F2N3O. The van der Waals surface area contributed by atoms with Crippen molar-refractivity contribution in [3.05, 3.63) is 18.2 Å². The molecule has 2 heterocycles. The molecule has 1 aliphatic heterocycles. The van der Waals surface area contributed by atoms with Crippen molar-refractivity contribution in [2.24, 2.45) is 0 Å². The van der Waals surface area contributed by atoms with Gasteiger partial charge >= 0.3 is 6.61 Å². The molecule has 1 saturated heterocycles. The Labute approximate surface area is 146 Å². The molecule has 1 fully saturated rings. The minimum atomic E-state index is -2.83. The van der Waals surface area contributed by atoms with Crippen molar-refractivity contribution in [1.82, 2.24) is 9.88 Å². The fourth-order valence-electron chi connectivity index (χ4n) is 1.90. The van der Waals surface area contributed by atoms with E-state index in [-0.39, 0.29) is 5.88 Å². The van der Waals surface area contributed by atoms with Crippen molar-refractivity contribution < 1.29 is 13.5 Å². The van der Waals surface area contributed by atoms with E-state index in [4.69, 9.17) is 0 Å². The average molecular weight is 347 g/mol. The predicted octanol–water partition coefficient (Wildman–Crippen LogP) is 5.27. The van der Waals surface area contributed by atoms with Gasteiger partial charge in [0.05, 0.1) is 0 Å². The third-order valence-electron chi connectivity index (χ3n) is 2.87. The standard InChI is InChI=1S/C8H10F2N2O.C6H13N.2C2H6/c1-2-11-6-4-3-5-7(12-6)13-8(9)10;1-7-5-3-2-4-6-7;2*1-2/h3-5,8H,2H2,1H3,(H,11,12);2-6H2,1H3;2*1-2H3. The van der Waals surface area contributed by atoms with E-state index >= 15 is 0 Å². The Morgan fingerprint density at radius 2 is 1.71 bits per heavy atom. The first kappa shape index (κ1) is 24.8. The highest BCUT2D eigenvalue weighted by molar-refractivity contribution is 5.36. The molecule has 4 nitrogen and oxygen atoms in total. The summed E-state index contributed by atoms with van der Waals surface area (Å²) in [6, 6.07) is 4.66. The SMILES string of the molecule is CC.CC.CCNc1cccc(OC(F)F)n1.CN1CCCCC1. The van der Waals surface area contributed by atoms with Crippen LogP contribution in [0.3, 0.4) is 0 Å². The second kappa shape index (κ2) is 17.9. The number of halogens is 2. The maximum Gasteiger partial charge on any atom is 0.388 e. The van der Waals surface area contributed by atoms with Crippen LogP contribution in [0.1, 0.15) is 53.9 Å². The van der Waals surface area contributed by atoms with Crippen molar-refractivity contribution in [3.63, 3.8) is 0 Å². The fraction of sp³-hybridized carbons (Fsp3) is 0.722. The Balaban J connectivity index is 0. The van der Waals surface area contributed by atoms with Gasteiger partial charge in [-0.25, -0.2) is 0 Å². The van der Waals surface area contributed by atoms with Gasteiger partial charge in [0.25, 0.3) is 0 Å². The van der Waals surface area contributed by atoms with Crippen molar-refractivity contribution in [2.45, 2.75) is 60.5 Å². The maximum absolute atomic E-state index is 11.8. The first-order valence-electron chi connectivity index (χ1n) is 8.96. The third kappa shape index (κ3) is 14.2. The molecule has 0 unspecified atom stereocenters. The van der Waals surface area contributed by atoms with Crippen LogP contribution in [0, 0.1) is 0 Å². The Morgan fingerprint density at radius 1 is 1.12 bits per heavy atom. The number of alkyl halides is 2.